The van der Waals surface area contributed by atoms with Crippen LogP contribution < -0.4 is 4.74 Å². The molecule has 1 unspecified atom stereocenters. The Balaban J connectivity index is 2.55. The van der Waals surface area contributed by atoms with E-state index in [1.807, 2.05) is 18.2 Å². The SMILES string of the molecule is COCCN(CC(C)C(=O)O)C(=O)COc1ccccc1. The highest BCUT2D eigenvalue weighted by atomic mass is 16.5. The summed E-state index contributed by atoms with van der Waals surface area (Å²) in [7, 11) is 1.53. The second-order valence-electron chi connectivity index (χ2n) is 4.67. The normalized spacial score (nSPS) is 11.7. The largest absolute Gasteiger partial charge is 0.484 e. The van der Waals surface area contributed by atoms with Gasteiger partial charge in [0.2, 0.25) is 0 Å². The minimum Gasteiger partial charge on any atom is -0.484 e. The molecule has 1 aromatic carbocycles. The molecule has 1 rings (SSSR count). The van der Waals surface area contributed by atoms with Gasteiger partial charge < -0.3 is 19.5 Å². The molecule has 1 amide bonds. The maximum absolute atomic E-state index is 12.1. The number of carbonyl (C=O) groups excluding carboxylic acids is 1. The van der Waals surface area contributed by atoms with Gasteiger partial charge in [0.1, 0.15) is 5.75 Å². The Morgan fingerprint density at radius 1 is 1.29 bits per heavy atom. The predicted octanol–water partition coefficient (Wildman–Crippen LogP) is 1.26. The lowest BCUT2D eigenvalue weighted by atomic mass is 10.1. The summed E-state index contributed by atoms with van der Waals surface area (Å²) < 4.78 is 10.3. The third kappa shape index (κ3) is 6.27. The number of nitrogens with zero attached hydrogens (tertiary/aromatic N) is 1. The molecule has 0 heterocycles. The molecule has 0 aromatic heterocycles. The lowest BCUT2D eigenvalue weighted by Gasteiger charge is -2.24. The Bertz CT molecular complexity index is 449. The van der Waals surface area contributed by atoms with Crippen molar-refractivity contribution in [1.82, 2.24) is 4.90 Å². The summed E-state index contributed by atoms with van der Waals surface area (Å²) in [5.41, 5.74) is 0. The van der Waals surface area contributed by atoms with E-state index in [1.54, 1.807) is 19.1 Å². The van der Waals surface area contributed by atoms with Crippen molar-refractivity contribution in [2.24, 2.45) is 5.92 Å². The number of aliphatic carboxylic acids is 1. The Hall–Kier alpha value is -2.08. The van der Waals surface area contributed by atoms with E-state index in [1.165, 1.54) is 12.0 Å². The molecule has 0 saturated carbocycles. The van der Waals surface area contributed by atoms with Crippen LogP contribution >= 0.6 is 0 Å². The number of methoxy groups -OCH3 is 1. The summed E-state index contributed by atoms with van der Waals surface area (Å²) in [5, 5.41) is 8.95. The molecule has 0 aliphatic carbocycles. The minimum absolute atomic E-state index is 0.125. The molecule has 1 aromatic rings. The number of benzene rings is 1. The van der Waals surface area contributed by atoms with E-state index in [9.17, 15) is 9.59 Å². The monoisotopic (exact) mass is 295 g/mol. The van der Waals surface area contributed by atoms with E-state index < -0.39 is 11.9 Å². The van der Waals surface area contributed by atoms with E-state index in [0.29, 0.717) is 18.9 Å². The van der Waals surface area contributed by atoms with Crippen LogP contribution in [-0.2, 0) is 14.3 Å². The fraction of sp³-hybridized carbons (Fsp3) is 0.467. The van der Waals surface area contributed by atoms with Gasteiger partial charge in [0.25, 0.3) is 5.91 Å². The van der Waals surface area contributed by atoms with Crippen molar-refractivity contribution >= 4 is 11.9 Å². The topological polar surface area (TPSA) is 76.1 Å². The van der Waals surface area contributed by atoms with Crippen LogP contribution in [0.4, 0.5) is 0 Å². The molecule has 0 saturated heterocycles. The number of para-hydroxylation sites is 1. The Morgan fingerprint density at radius 3 is 2.52 bits per heavy atom. The summed E-state index contributed by atoms with van der Waals surface area (Å²) in [4.78, 5) is 24.5. The van der Waals surface area contributed by atoms with Crippen LogP contribution in [0.1, 0.15) is 6.92 Å². The molecule has 6 nitrogen and oxygen atoms in total. The second kappa shape index (κ2) is 8.97. The summed E-state index contributed by atoms with van der Waals surface area (Å²) in [6, 6.07) is 9.00. The summed E-state index contributed by atoms with van der Waals surface area (Å²) in [6.45, 7) is 2.26. The summed E-state index contributed by atoms with van der Waals surface area (Å²) in [5.74, 6) is -1.23. The third-order valence-corrected chi connectivity index (χ3v) is 2.94. The molecule has 116 valence electrons. The maximum Gasteiger partial charge on any atom is 0.308 e. The zero-order chi connectivity index (χ0) is 15.7. The highest BCUT2D eigenvalue weighted by molar-refractivity contribution is 5.78. The highest BCUT2D eigenvalue weighted by Gasteiger charge is 2.20. The molecule has 0 radical (unpaired) electrons. The van der Waals surface area contributed by atoms with Crippen molar-refractivity contribution in [2.45, 2.75) is 6.92 Å². The van der Waals surface area contributed by atoms with Crippen LogP contribution in [0.5, 0.6) is 5.75 Å². The molecule has 21 heavy (non-hydrogen) atoms. The molecule has 0 fully saturated rings. The lowest BCUT2D eigenvalue weighted by molar-refractivity contribution is -0.143. The average Bonchev–Trinajstić information content (AvgIpc) is 2.49. The van der Waals surface area contributed by atoms with Crippen LogP contribution in [0, 0.1) is 5.92 Å². The molecule has 0 spiro atoms. The average molecular weight is 295 g/mol. The first-order chi connectivity index (χ1) is 10.0. The van der Waals surface area contributed by atoms with Crippen LogP contribution in [0.15, 0.2) is 30.3 Å². The van der Waals surface area contributed by atoms with Gasteiger partial charge in [-0.2, -0.15) is 0 Å². The van der Waals surface area contributed by atoms with E-state index in [2.05, 4.69) is 0 Å². The molecular formula is C15H21NO5. The molecule has 0 aliphatic rings. The zero-order valence-electron chi connectivity index (χ0n) is 12.3. The fourth-order valence-corrected chi connectivity index (χ4v) is 1.68. The van der Waals surface area contributed by atoms with E-state index in [4.69, 9.17) is 14.6 Å². The minimum atomic E-state index is -0.936. The molecular weight excluding hydrogens is 274 g/mol. The standard InChI is InChI=1S/C15H21NO5/c1-12(15(18)19)10-16(8-9-20-2)14(17)11-21-13-6-4-3-5-7-13/h3-7,12H,8-11H2,1-2H3,(H,18,19). The van der Waals surface area contributed by atoms with Crippen molar-refractivity contribution < 1.29 is 24.2 Å². The number of amides is 1. The first-order valence-electron chi connectivity index (χ1n) is 6.72. The van der Waals surface area contributed by atoms with Gasteiger partial charge in [0.15, 0.2) is 6.61 Å². The van der Waals surface area contributed by atoms with E-state index in [0.717, 1.165) is 0 Å². The lowest BCUT2D eigenvalue weighted by Crippen LogP contribution is -2.41. The van der Waals surface area contributed by atoms with Crippen LogP contribution in [0.3, 0.4) is 0 Å². The van der Waals surface area contributed by atoms with Crippen molar-refractivity contribution in [3.63, 3.8) is 0 Å². The number of ether oxygens (including phenoxy) is 2. The maximum atomic E-state index is 12.1. The van der Waals surface area contributed by atoms with Gasteiger partial charge in [0, 0.05) is 20.2 Å². The van der Waals surface area contributed by atoms with Crippen molar-refractivity contribution in [3.8, 4) is 5.75 Å². The Labute approximate surface area is 124 Å². The number of carbonyl (C=O) groups is 2. The van der Waals surface area contributed by atoms with Gasteiger partial charge in [-0.1, -0.05) is 25.1 Å². The molecule has 1 N–H and O–H groups in total. The smallest absolute Gasteiger partial charge is 0.308 e. The molecule has 0 bridgehead atoms. The van der Waals surface area contributed by atoms with Crippen LogP contribution in [0.2, 0.25) is 0 Å². The van der Waals surface area contributed by atoms with Gasteiger partial charge in [-0.3, -0.25) is 9.59 Å². The van der Waals surface area contributed by atoms with Gasteiger partial charge in [0.05, 0.1) is 12.5 Å². The predicted molar refractivity (Wildman–Crippen MR) is 77.2 cm³/mol. The first-order valence-corrected chi connectivity index (χ1v) is 6.72. The highest BCUT2D eigenvalue weighted by Crippen LogP contribution is 2.09. The molecule has 6 heteroatoms. The van der Waals surface area contributed by atoms with Crippen molar-refractivity contribution in [3.05, 3.63) is 30.3 Å². The van der Waals surface area contributed by atoms with E-state index >= 15 is 0 Å². The van der Waals surface area contributed by atoms with Crippen molar-refractivity contribution in [1.29, 1.82) is 0 Å². The zero-order valence-corrected chi connectivity index (χ0v) is 12.3. The van der Waals surface area contributed by atoms with E-state index in [-0.39, 0.29) is 19.1 Å². The van der Waals surface area contributed by atoms with Gasteiger partial charge in [-0.15, -0.1) is 0 Å². The Kier molecular flexibility index (Phi) is 7.25. The number of hydrogen-bond donors (Lipinski definition) is 1. The number of rotatable bonds is 9. The molecule has 1 atom stereocenters. The second-order valence-corrected chi connectivity index (χ2v) is 4.67. The quantitative estimate of drug-likeness (QED) is 0.742. The fourth-order valence-electron chi connectivity index (χ4n) is 1.68. The third-order valence-electron chi connectivity index (χ3n) is 2.94. The number of hydrogen-bond acceptors (Lipinski definition) is 4. The number of carboxylic acid groups (broad SMARTS) is 1. The van der Waals surface area contributed by atoms with Crippen LogP contribution in [0.25, 0.3) is 0 Å². The Morgan fingerprint density at radius 2 is 1.95 bits per heavy atom. The summed E-state index contributed by atoms with van der Waals surface area (Å²) in [6.07, 6.45) is 0. The molecule has 0 aliphatic heterocycles. The van der Waals surface area contributed by atoms with Gasteiger partial charge in [-0.05, 0) is 12.1 Å². The van der Waals surface area contributed by atoms with Crippen LogP contribution in [-0.4, -0.2) is 55.3 Å². The first kappa shape index (κ1) is 17.0. The van der Waals surface area contributed by atoms with Gasteiger partial charge >= 0.3 is 5.97 Å². The summed E-state index contributed by atoms with van der Waals surface area (Å²) >= 11 is 0. The van der Waals surface area contributed by atoms with Gasteiger partial charge in [-0.25, -0.2) is 0 Å². The number of carboxylic acids is 1. The van der Waals surface area contributed by atoms with Crippen molar-refractivity contribution in [2.75, 3.05) is 33.4 Å².